The van der Waals surface area contributed by atoms with Gasteiger partial charge in [-0.3, -0.25) is 0 Å². The van der Waals surface area contributed by atoms with Crippen LogP contribution < -0.4 is 4.74 Å². The van der Waals surface area contributed by atoms with Crippen molar-refractivity contribution in [3.8, 4) is 5.75 Å². The molecule has 0 amide bonds. The van der Waals surface area contributed by atoms with Gasteiger partial charge in [-0.05, 0) is 37.5 Å². The third-order valence-corrected chi connectivity index (χ3v) is 4.30. The predicted molar refractivity (Wildman–Crippen MR) is 88.7 cm³/mol. The highest BCUT2D eigenvalue weighted by atomic mass is 35.5. The van der Waals surface area contributed by atoms with Crippen LogP contribution in [0.1, 0.15) is 31.7 Å². The number of benzene rings is 1. The molecule has 2 atom stereocenters. The van der Waals surface area contributed by atoms with Crippen molar-refractivity contribution in [2.45, 2.75) is 38.4 Å². The SMILES string of the molecule is CCOC1CON=C1c1cc(Cl)ccc1O[C@@H](CC1CC1)C(=O)O. The molecule has 1 unspecified atom stereocenters. The number of oxime groups is 1. The van der Waals surface area contributed by atoms with Gasteiger partial charge < -0.3 is 19.4 Å². The van der Waals surface area contributed by atoms with Gasteiger partial charge in [-0.25, -0.2) is 4.79 Å². The molecule has 6 nitrogen and oxygen atoms in total. The highest BCUT2D eigenvalue weighted by Gasteiger charge is 2.33. The Morgan fingerprint density at radius 3 is 2.96 bits per heavy atom. The number of hydrogen-bond donors (Lipinski definition) is 1. The molecule has 1 saturated carbocycles. The van der Waals surface area contributed by atoms with Crippen LogP contribution in [0.25, 0.3) is 0 Å². The maximum atomic E-state index is 11.5. The minimum atomic E-state index is -0.964. The molecule has 0 saturated heterocycles. The Hall–Kier alpha value is -1.79. The fourth-order valence-electron chi connectivity index (χ4n) is 2.68. The number of carbonyl (C=O) groups is 1. The molecule has 1 N–H and O–H groups in total. The molecule has 0 radical (unpaired) electrons. The first-order chi connectivity index (χ1) is 11.6. The minimum Gasteiger partial charge on any atom is -0.479 e. The molecule has 1 heterocycles. The molecule has 1 fully saturated rings. The van der Waals surface area contributed by atoms with E-state index in [4.69, 9.17) is 25.9 Å². The number of nitrogens with zero attached hydrogens (tertiary/aromatic N) is 1. The van der Waals surface area contributed by atoms with Crippen LogP contribution in [-0.4, -0.2) is 42.2 Å². The number of hydrogen-bond acceptors (Lipinski definition) is 5. The first kappa shape index (κ1) is 17.0. The number of ether oxygens (including phenoxy) is 2. The average Bonchev–Trinajstić information content (AvgIpc) is 3.25. The van der Waals surface area contributed by atoms with Gasteiger partial charge in [-0.1, -0.05) is 29.6 Å². The maximum Gasteiger partial charge on any atom is 0.344 e. The Morgan fingerprint density at radius 2 is 2.29 bits per heavy atom. The van der Waals surface area contributed by atoms with Crippen molar-refractivity contribution in [1.82, 2.24) is 0 Å². The van der Waals surface area contributed by atoms with Gasteiger partial charge in [0.05, 0.1) is 0 Å². The van der Waals surface area contributed by atoms with Crippen molar-refractivity contribution in [3.05, 3.63) is 28.8 Å². The predicted octanol–water partition coefficient (Wildman–Crippen LogP) is 3.11. The van der Waals surface area contributed by atoms with E-state index in [9.17, 15) is 9.90 Å². The monoisotopic (exact) mass is 353 g/mol. The van der Waals surface area contributed by atoms with E-state index in [1.54, 1.807) is 18.2 Å². The van der Waals surface area contributed by atoms with Crippen LogP contribution >= 0.6 is 11.6 Å². The zero-order chi connectivity index (χ0) is 17.1. The van der Waals surface area contributed by atoms with E-state index in [-0.39, 0.29) is 6.10 Å². The van der Waals surface area contributed by atoms with Gasteiger partial charge in [0.2, 0.25) is 0 Å². The van der Waals surface area contributed by atoms with Crippen LogP contribution in [0, 0.1) is 5.92 Å². The Balaban J connectivity index is 1.86. The molecular weight excluding hydrogens is 334 g/mol. The molecule has 24 heavy (non-hydrogen) atoms. The summed E-state index contributed by atoms with van der Waals surface area (Å²) >= 11 is 6.10. The summed E-state index contributed by atoms with van der Waals surface area (Å²) in [7, 11) is 0. The summed E-state index contributed by atoms with van der Waals surface area (Å²) in [6, 6.07) is 5.04. The van der Waals surface area contributed by atoms with Gasteiger partial charge in [-0.15, -0.1) is 0 Å². The number of halogens is 1. The van der Waals surface area contributed by atoms with Crippen LogP contribution in [0.4, 0.5) is 0 Å². The Morgan fingerprint density at radius 1 is 1.50 bits per heavy atom. The summed E-state index contributed by atoms with van der Waals surface area (Å²) in [4.78, 5) is 16.6. The van der Waals surface area contributed by atoms with Crippen LogP contribution in [0.3, 0.4) is 0 Å². The molecule has 1 aliphatic heterocycles. The second-order valence-corrected chi connectivity index (χ2v) is 6.42. The van der Waals surface area contributed by atoms with Crippen LogP contribution in [0.15, 0.2) is 23.4 Å². The fraction of sp³-hybridized carbons (Fsp3) is 0.529. The van der Waals surface area contributed by atoms with Crippen molar-refractivity contribution in [2.75, 3.05) is 13.2 Å². The zero-order valence-corrected chi connectivity index (χ0v) is 14.2. The van der Waals surface area contributed by atoms with E-state index in [0.29, 0.717) is 47.6 Å². The lowest BCUT2D eigenvalue weighted by atomic mass is 10.0. The first-order valence-electron chi connectivity index (χ1n) is 8.09. The van der Waals surface area contributed by atoms with Gasteiger partial charge in [0.15, 0.2) is 6.10 Å². The summed E-state index contributed by atoms with van der Waals surface area (Å²) in [5, 5.41) is 14.0. The van der Waals surface area contributed by atoms with Crippen molar-refractivity contribution in [3.63, 3.8) is 0 Å². The maximum absolute atomic E-state index is 11.5. The Labute approximate surface area is 145 Å². The van der Waals surface area contributed by atoms with Gasteiger partial charge in [0.25, 0.3) is 0 Å². The third kappa shape index (κ3) is 3.99. The number of rotatable bonds is 8. The number of aliphatic carboxylic acids is 1. The van der Waals surface area contributed by atoms with Crippen LogP contribution in [-0.2, 0) is 14.4 Å². The standard InChI is InChI=1S/C17H20ClNO5/c1-2-22-15-9-23-19-16(15)12-8-11(18)5-6-13(12)24-14(17(20)21)7-10-3-4-10/h5-6,8,10,14-15H,2-4,7,9H2,1H3,(H,20,21)/t14-,15?/m0/s1. The quantitative estimate of drug-likeness (QED) is 0.777. The van der Waals surface area contributed by atoms with E-state index in [1.807, 2.05) is 6.92 Å². The second kappa shape index (κ2) is 7.40. The molecule has 0 aromatic heterocycles. The van der Waals surface area contributed by atoms with E-state index >= 15 is 0 Å². The molecule has 1 aromatic rings. The summed E-state index contributed by atoms with van der Waals surface area (Å²) < 4.78 is 11.4. The van der Waals surface area contributed by atoms with Crippen molar-refractivity contribution in [2.24, 2.45) is 11.1 Å². The van der Waals surface area contributed by atoms with Gasteiger partial charge in [0.1, 0.15) is 24.2 Å². The van der Waals surface area contributed by atoms with Crippen molar-refractivity contribution >= 4 is 23.3 Å². The van der Waals surface area contributed by atoms with Gasteiger partial charge in [0, 0.05) is 17.2 Å². The summed E-state index contributed by atoms with van der Waals surface area (Å²) in [5.41, 5.74) is 1.19. The summed E-state index contributed by atoms with van der Waals surface area (Å²) in [6.07, 6.45) is 1.43. The lowest BCUT2D eigenvalue weighted by Crippen LogP contribution is -2.30. The van der Waals surface area contributed by atoms with Crippen molar-refractivity contribution < 1.29 is 24.2 Å². The highest BCUT2D eigenvalue weighted by molar-refractivity contribution is 6.31. The third-order valence-electron chi connectivity index (χ3n) is 4.07. The van der Waals surface area contributed by atoms with E-state index in [1.165, 1.54) is 0 Å². The molecule has 1 aliphatic carbocycles. The summed E-state index contributed by atoms with van der Waals surface area (Å²) in [5.74, 6) is -0.0969. The molecule has 3 rings (SSSR count). The minimum absolute atomic E-state index is 0.317. The molecular formula is C17H20ClNO5. The molecule has 7 heteroatoms. The second-order valence-electron chi connectivity index (χ2n) is 5.98. The molecule has 1 aromatic carbocycles. The smallest absolute Gasteiger partial charge is 0.344 e. The number of carboxylic acids is 1. The zero-order valence-electron chi connectivity index (χ0n) is 13.4. The Bertz CT molecular complexity index is 644. The molecule has 2 aliphatic rings. The average molecular weight is 354 g/mol. The van der Waals surface area contributed by atoms with E-state index in [0.717, 1.165) is 12.8 Å². The lowest BCUT2D eigenvalue weighted by Gasteiger charge is -2.19. The normalized spacial score (nSPS) is 21.1. The van der Waals surface area contributed by atoms with Crippen LogP contribution in [0.2, 0.25) is 5.02 Å². The molecule has 130 valence electrons. The van der Waals surface area contributed by atoms with E-state index < -0.39 is 12.1 Å². The summed E-state index contributed by atoms with van der Waals surface area (Å²) in [6.45, 7) is 2.73. The first-order valence-corrected chi connectivity index (χ1v) is 8.47. The van der Waals surface area contributed by atoms with Crippen LogP contribution in [0.5, 0.6) is 5.75 Å². The van der Waals surface area contributed by atoms with Crippen molar-refractivity contribution in [1.29, 1.82) is 0 Å². The highest BCUT2D eigenvalue weighted by Crippen LogP contribution is 2.35. The fourth-order valence-corrected chi connectivity index (χ4v) is 2.85. The topological polar surface area (TPSA) is 77.3 Å². The molecule has 0 spiro atoms. The van der Waals surface area contributed by atoms with E-state index in [2.05, 4.69) is 5.16 Å². The van der Waals surface area contributed by atoms with Gasteiger partial charge in [-0.2, -0.15) is 0 Å². The largest absolute Gasteiger partial charge is 0.479 e. The number of carboxylic acid groups (broad SMARTS) is 1. The molecule has 0 bridgehead atoms. The Kier molecular flexibility index (Phi) is 5.26. The lowest BCUT2D eigenvalue weighted by molar-refractivity contribution is -0.145. The van der Waals surface area contributed by atoms with Gasteiger partial charge >= 0.3 is 5.97 Å².